The topological polar surface area (TPSA) is 76.8 Å². The first-order valence-electron chi connectivity index (χ1n) is 40.9. The van der Waals surface area contributed by atoms with Gasteiger partial charge in [-0.15, -0.1) is 23.5 Å². The van der Waals surface area contributed by atoms with Crippen molar-refractivity contribution >= 4 is 50.3 Å². The van der Waals surface area contributed by atoms with Crippen LogP contribution in [-0.2, 0) is 30.1 Å². The van der Waals surface area contributed by atoms with Gasteiger partial charge in [-0.1, -0.05) is 379 Å². The number of hydrogen-bond acceptors (Lipinski definition) is 9. The number of piperazine rings is 3. The van der Waals surface area contributed by atoms with Gasteiger partial charge in [0.15, 0.2) is 0 Å². The zero-order chi connectivity index (χ0) is 77.4. The van der Waals surface area contributed by atoms with E-state index in [9.17, 15) is 4.21 Å². The van der Waals surface area contributed by atoms with Crippen molar-refractivity contribution in [2.75, 3.05) is 134 Å². The second-order valence-corrected chi connectivity index (χ2v) is 29.7. The van der Waals surface area contributed by atoms with Crippen LogP contribution in [0.4, 0.5) is 0 Å². The SMILES string of the molecule is BrCCCc1ccccc1.C.CC.CC.CC.CC.CC.CC.O.O=S(CCN1CCN(CCCc2ccccc2)CC1)C(c1ccccc1)c1ccccc1.c1ccc(C(SCCN2CCNCC2)c2ccccc2)cc1.c1ccc(CCCN2CCN(CCSC(c3ccccc3)c3ccccc3)CC2)cc1. The molecule has 0 aliphatic carbocycles. The van der Waals surface area contributed by atoms with Crippen molar-refractivity contribution in [1.29, 1.82) is 0 Å². The normalized spacial score (nSPS) is 13.6. The first kappa shape index (κ1) is 101. The number of thioether (sulfide) groups is 2. The maximum absolute atomic E-state index is 13.4. The third kappa shape index (κ3) is 42.5. The molecule has 3 saturated heterocycles. The van der Waals surface area contributed by atoms with E-state index in [1.807, 2.05) is 119 Å². The number of nitrogens with one attached hydrogen (secondary N) is 1. The van der Waals surface area contributed by atoms with Crippen LogP contribution >= 0.6 is 39.5 Å². The van der Waals surface area contributed by atoms with Gasteiger partial charge in [0.2, 0.25) is 0 Å². The Morgan fingerprint density at radius 3 is 0.826 bits per heavy atom. The largest absolute Gasteiger partial charge is 0.412 e. The molecule has 0 bridgehead atoms. The summed E-state index contributed by atoms with van der Waals surface area (Å²) in [7, 11) is -0.952. The van der Waals surface area contributed by atoms with Crippen LogP contribution in [0.3, 0.4) is 0 Å². The Morgan fingerprint density at radius 1 is 0.321 bits per heavy atom. The lowest BCUT2D eigenvalue weighted by molar-refractivity contribution is 0.137. The van der Waals surface area contributed by atoms with Crippen molar-refractivity contribution in [3.8, 4) is 0 Å². The van der Waals surface area contributed by atoms with Gasteiger partial charge in [0, 0.05) is 132 Å². The van der Waals surface area contributed by atoms with Crippen LogP contribution in [0.2, 0.25) is 0 Å². The van der Waals surface area contributed by atoms with Gasteiger partial charge in [0.1, 0.15) is 0 Å². The van der Waals surface area contributed by atoms with E-state index in [1.165, 1.54) is 148 Å². The van der Waals surface area contributed by atoms with Gasteiger partial charge in [-0.25, -0.2) is 0 Å². The van der Waals surface area contributed by atoms with Crippen LogP contribution in [-0.4, -0.2) is 168 Å². The zero-order valence-electron chi connectivity index (χ0n) is 68.6. The van der Waals surface area contributed by atoms with E-state index in [1.54, 1.807) is 0 Å². The number of benzene rings is 9. The Labute approximate surface area is 686 Å². The summed E-state index contributed by atoms with van der Waals surface area (Å²) in [5.74, 6) is 3.05. The number of rotatable bonds is 29. The monoisotopic (exact) mass is 1600 g/mol. The maximum atomic E-state index is 13.4. The van der Waals surface area contributed by atoms with E-state index in [-0.39, 0.29) is 18.2 Å². The maximum Gasteiger partial charge on any atom is 0.0847 e. The van der Waals surface area contributed by atoms with Gasteiger partial charge in [0.05, 0.1) is 15.7 Å². The van der Waals surface area contributed by atoms with Crippen LogP contribution in [0.1, 0.15) is 176 Å². The van der Waals surface area contributed by atoms with Gasteiger partial charge in [-0.3, -0.25) is 18.9 Å². The number of halogens is 1. The van der Waals surface area contributed by atoms with Crippen molar-refractivity contribution in [3.05, 3.63) is 323 Å². The Hall–Kier alpha value is -5.97. The van der Waals surface area contributed by atoms with Crippen LogP contribution in [0.15, 0.2) is 273 Å². The lowest BCUT2D eigenvalue weighted by Gasteiger charge is -2.35. The minimum absolute atomic E-state index is 0. The van der Waals surface area contributed by atoms with E-state index in [0.29, 0.717) is 16.3 Å². The summed E-state index contributed by atoms with van der Waals surface area (Å²) in [5, 5.41) is 5.31. The quantitative estimate of drug-likeness (QED) is 0.0461. The Kier molecular flexibility index (Phi) is 63.8. The highest BCUT2D eigenvalue weighted by Crippen LogP contribution is 2.37. The molecule has 3 aliphatic heterocycles. The molecule has 1 unspecified atom stereocenters. The Balaban J connectivity index is 0.000000721. The van der Waals surface area contributed by atoms with Gasteiger partial charge in [-0.05, 0) is 102 Å². The third-order valence-electron chi connectivity index (χ3n) is 18.0. The molecular formula is C97H145BrN6O2S3. The number of aryl methyl sites for hydroxylation is 3. The van der Waals surface area contributed by atoms with Crippen molar-refractivity contribution in [1.82, 2.24) is 29.8 Å². The molecule has 3 heterocycles. The summed E-state index contributed by atoms with van der Waals surface area (Å²) in [6, 6.07) is 96.4. The van der Waals surface area contributed by atoms with Crippen molar-refractivity contribution in [3.63, 3.8) is 0 Å². The zero-order valence-corrected chi connectivity index (χ0v) is 72.6. The predicted molar refractivity (Wildman–Crippen MR) is 494 cm³/mol. The van der Waals surface area contributed by atoms with Gasteiger partial charge < -0.3 is 20.6 Å². The first-order valence-corrected chi connectivity index (χ1v) is 45.5. The molecule has 9 aromatic rings. The van der Waals surface area contributed by atoms with Crippen molar-refractivity contribution in [2.45, 2.75) is 145 Å². The van der Waals surface area contributed by atoms with Gasteiger partial charge >= 0.3 is 0 Å². The molecule has 600 valence electrons. The fourth-order valence-electron chi connectivity index (χ4n) is 12.6. The van der Waals surface area contributed by atoms with E-state index in [4.69, 9.17) is 0 Å². The van der Waals surface area contributed by atoms with Gasteiger partial charge in [0.25, 0.3) is 0 Å². The lowest BCUT2D eigenvalue weighted by atomic mass is 10.0. The van der Waals surface area contributed by atoms with Crippen LogP contribution in [0.5, 0.6) is 0 Å². The molecule has 0 amide bonds. The summed E-state index contributed by atoms with van der Waals surface area (Å²) in [5.41, 5.74) is 12.2. The average Bonchev–Trinajstić information content (AvgIpc) is 0.875. The molecule has 8 nitrogen and oxygen atoms in total. The van der Waals surface area contributed by atoms with Crippen LogP contribution < -0.4 is 5.32 Å². The smallest absolute Gasteiger partial charge is 0.0847 e. The molecule has 0 aromatic heterocycles. The molecule has 9 aromatic carbocycles. The minimum Gasteiger partial charge on any atom is -0.412 e. The molecule has 0 saturated carbocycles. The summed E-state index contributed by atoms with van der Waals surface area (Å²) in [4.78, 5) is 12.9. The fourth-order valence-corrected chi connectivity index (χ4v) is 17.1. The summed E-state index contributed by atoms with van der Waals surface area (Å²) in [6.07, 6.45) is 7.23. The molecule has 12 rings (SSSR count). The number of hydrogen-bond donors (Lipinski definition) is 1. The Morgan fingerprint density at radius 2 is 0.550 bits per heavy atom. The van der Waals surface area contributed by atoms with Crippen molar-refractivity contribution in [2.24, 2.45) is 0 Å². The number of alkyl halides is 1. The Bertz CT molecular complexity index is 3260. The van der Waals surface area contributed by atoms with Crippen LogP contribution in [0, 0.1) is 0 Å². The predicted octanol–water partition coefficient (Wildman–Crippen LogP) is 22.9. The first-order chi connectivity index (χ1) is 53.0. The second-order valence-electron chi connectivity index (χ2n) is 24.8. The summed E-state index contributed by atoms with van der Waals surface area (Å²) >= 11 is 7.54. The highest BCUT2D eigenvalue weighted by molar-refractivity contribution is 9.09. The highest BCUT2D eigenvalue weighted by Gasteiger charge is 2.24. The average molecular weight is 1600 g/mol. The van der Waals surface area contributed by atoms with Crippen LogP contribution in [0.25, 0.3) is 0 Å². The summed E-state index contributed by atoms with van der Waals surface area (Å²) < 4.78 is 13.4. The molecule has 3 N–H and O–H groups in total. The molecule has 0 spiro atoms. The highest BCUT2D eigenvalue weighted by atomic mass is 79.9. The van der Waals surface area contributed by atoms with E-state index < -0.39 is 10.8 Å². The minimum atomic E-state index is -0.952. The fraction of sp³-hybridized carbons (Fsp3) is 0.443. The molecule has 109 heavy (non-hydrogen) atoms. The number of nitrogens with zero attached hydrogens (tertiary/aromatic N) is 5. The van der Waals surface area contributed by atoms with E-state index >= 15 is 0 Å². The van der Waals surface area contributed by atoms with Crippen molar-refractivity contribution < 1.29 is 9.69 Å². The molecule has 1 atom stereocenters. The molecule has 12 heteroatoms. The lowest BCUT2D eigenvalue weighted by Crippen LogP contribution is -2.47. The van der Waals surface area contributed by atoms with E-state index in [2.05, 4.69) is 306 Å². The molecule has 0 radical (unpaired) electrons. The second kappa shape index (κ2) is 68.8. The molecule has 3 aliphatic rings. The standard InChI is InChI=1S/C28H34N2OS.C28H34N2S.C19H24N2S.C9H11Br.6C2H6.CH4.H2O/c31-32(28(26-14-6-2-7-15-26)27-16-8-3-9-17-27)24-23-30-21-19-29(20-22-30)18-10-13-25-11-4-1-5-12-25;1-4-11-25(12-5-1)13-10-18-29-19-21-30(22-20-29)23-24-31-28(26-14-6-2-7-15-26)27-16-8-3-9-17-27;1-3-7-17(8-4-1)19(18-9-5-2-6-10-18)22-16-15-21-13-11-20-12-14-21;10-8-4-7-9-5-2-1-3-6-9;6*1-2;;/h1-9,11-12,14-17,28H,10,13,18-24H2;1-9,11-12,14-17,28H,10,13,18-24H2;1-10,19-20H,11-16H2;1-3,5-6H,4,7-8H2;6*1-2H3;1H4;1H2. The third-order valence-corrected chi connectivity index (χ3v) is 22.8. The van der Waals surface area contributed by atoms with E-state index in [0.717, 1.165) is 68.7 Å². The van der Waals surface area contributed by atoms with Gasteiger partial charge in [-0.2, -0.15) is 0 Å². The molecule has 3 fully saturated rings. The summed E-state index contributed by atoms with van der Waals surface area (Å²) in [6.45, 7) is 43.5. The molecular weight excluding hydrogens is 1460 g/mol.